The van der Waals surface area contributed by atoms with Gasteiger partial charge in [-0.25, -0.2) is 4.79 Å². The Morgan fingerprint density at radius 2 is 2.00 bits per heavy atom. The maximum Gasteiger partial charge on any atom is 0.325 e. The Balaban J connectivity index is 2.23. The van der Waals surface area contributed by atoms with Gasteiger partial charge in [-0.2, -0.15) is 0 Å². The first-order valence-electron chi connectivity index (χ1n) is 4.34. The Labute approximate surface area is 81.0 Å². The summed E-state index contributed by atoms with van der Waals surface area (Å²) in [5, 5.41) is 0. The van der Waals surface area contributed by atoms with Crippen molar-refractivity contribution in [1.29, 1.82) is 0 Å². The number of nitrogens with one attached hydrogen (secondary N) is 1. The van der Waals surface area contributed by atoms with Crippen molar-refractivity contribution in [1.82, 2.24) is 9.55 Å². The molecule has 0 saturated heterocycles. The monoisotopic (exact) mass is 189 g/mol. The van der Waals surface area contributed by atoms with Crippen molar-refractivity contribution in [2.75, 3.05) is 5.73 Å². The molecule has 0 aliphatic rings. The highest BCUT2D eigenvalue weighted by atomic mass is 16.1. The number of hydrogen-bond acceptors (Lipinski definition) is 2. The number of rotatable bonds is 2. The number of aromatic amines is 1. The molecule has 2 aromatic rings. The van der Waals surface area contributed by atoms with E-state index >= 15 is 0 Å². The highest BCUT2D eigenvalue weighted by Gasteiger charge is 1.97. The summed E-state index contributed by atoms with van der Waals surface area (Å²) in [4.78, 5) is 13.8. The van der Waals surface area contributed by atoms with E-state index in [0.29, 0.717) is 6.54 Å². The fraction of sp³-hybridized carbons (Fsp3) is 0.100. The third-order valence-corrected chi connectivity index (χ3v) is 2.05. The third kappa shape index (κ3) is 1.69. The van der Waals surface area contributed by atoms with Gasteiger partial charge in [0.1, 0.15) is 0 Å². The summed E-state index contributed by atoms with van der Waals surface area (Å²) in [6.45, 7) is 0.572. The van der Waals surface area contributed by atoms with E-state index in [4.69, 9.17) is 5.73 Å². The van der Waals surface area contributed by atoms with Gasteiger partial charge in [0, 0.05) is 18.1 Å². The number of nitrogens with two attached hydrogens (primary N) is 1. The Kier molecular flexibility index (Phi) is 2.10. The fourth-order valence-electron chi connectivity index (χ4n) is 1.29. The molecule has 2 rings (SSSR count). The van der Waals surface area contributed by atoms with Crippen LogP contribution in [0.5, 0.6) is 0 Å². The van der Waals surface area contributed by atoms with Crippen LogP contribution in [0.3, 0.4) is 0 Å². The highest BCUT2D eigenvalue weighted by molar-refractivity contribution is 5.39. The summed E-state index contributed by atoms with van der Waals surface area (Å²) < 4.78 is 1.60. The fourth-order valence-corrected chi connectivity index (χ4v) is 1.29. The summed E-state index contributed by atoms with van der Waals surface area (Å²) in [7, 11) is 0. The van der Waals surface area contributed by atoms with Gasteiger partial charge in [0.05, 0.1) is 6.54 Å². The molecule has 0 aliphatic carbocycles. The number of H-pyrrole nitrogens is 1. The molecule has 1 aromatic carbocycles. The largest absolute Gasteiger partial charge is 0.399 e. The van der Waals surface area contributed by atoms with Gasteiger partial charge < -0.3 is 10.7 Å². The topological polar surface area (TPSA) is 63.8 Å². The van der Waals surface area contributed by atoms with Crippen LogP contribution in [0.2, 0.25) is 0 Å². The SMILES string of the molecule is Nc1ccc(Cn2cc[nH]c2=O)cc1. The van der Waals surface area contributed by atoms with Crippen molar-refractivity contribution >= 4 is 5.69 Å². The average Bonchev–Trinajstić information content (AvgIpc) is 2.56. The molecule has 14 heavy (non-hydrogen) atoms. The van der Waals surface area contributed by atoms with E-state index in [1.54, 1.807) is 17.0 Å². The van der Waals surface area contributed by atoms with E-state index in [1.807, 2.05) is 24.3 Å². The van der Waals surface area contributed by atoms with E-state index in [9.17, 15) is 4.79 Å². The summed E-state index contributed by atoms with van der Waals surface area (Å²) in [5.41, 5.74) is 7.25. The molecule has 0 atom stereocenters. The first kappa shape index (κ1) is 8.62. The van der Waals surface area contributed by atoms with E-state index in [-0.39, 0.29) is 5.69 Å². The number of aromatic nitrogens is 2. The lowest BCUT2D eigenvalue weighted by atomic mass is 10.2. The van der Waals surface area contributed by atoms with E-state index < -0.39 is 0 Å². The molecule has 0 spiro atoms. The second kappa shape index (κ2) is 3.41. The quantitative estimate of drug-likeness (QED) is 0.686. The van der Waals surface area contributed by atoms with Gasteiger partial charge in [0.2, 0.25) is 0 Å². The minimum absolute atomic E-state index is 0.0955. The number of nitrogen functional groups attached to an aromatic ring is 1. The Morgan fingerprint density at radius 1 is 1.29 bits per heavy atom. The van der Waals surface area contributed by atoms with Crippen molar-refractivity contribution in [2.45, 2.75) is 6.54 Å². The van der Waals surface area contributed by atoms with Crippen molar-refractivity contribution in [3.63, 3.8) is 0 Å². The van der Waals surface area contributed by atoms with E-state index in [2.05, 4.69) is 4.98 Å². The summed E-state index contributed by atoms with van der Waals surface area (Å²) in [5.74, 6) is 0. The smallest absolute Gasteiger partial charge is 0.325 e. The Bertz CT molecular complexity index is 467. The van der Waals surface area contributed by atoms with E-state index in [0.717, 1.165) is 11.3 Å². The van der Waals surface area contributed by atoms with Gasteiger partial charge in [0.25, 0.3) is 0 Å². The van der Waals surface area contributed by atoms with Gasteiger partial charge in [-0.3, -0.25) is 4.57 Å². The minimum Gasteiger partial charge on any atom is -0.399 e. The normalized spacial score (nSPS) is 10.3. The second-order valence-corrected chi connectivity index (χ2v) is 3.13. The molecule has 4 nitrogen and oxygen atoms in total. The molecule has 1 heterocycles. The maximum absolute atomic E-state index is 11.2. The van der Waals surface area contributed by atoms with Crippen LogP contribution >= 0.6 is 0 Å². The number of hydrogen-bond donors (Lipinski definition) is 2. The molecular formula is C10H11N3O. The zero-order chi connectivity index (χ0) is 9.97. The Morgan fingerprint density at radius 3 is 2.57 bits per heavy atom. The van der Waals surface area contributed by atoms with Gasteiger partial charge in [0.15, 0.2) is 0 Å². The van der Waals surface area contributed by atoms with Crippen molar-refractivity contribution in [3.8, 4) is 0 Å². The molecule has 1 aromatic heterocycles. The standard InChI is InChI=1S/C10H11N3O/c11-9-3-1-8(2-4-9)7-13-6-5-12-10(13)14/h1-6H,7,11H2,(H,12,14). The van der Waals surface area contributed by atoms with Crippen molar-refractivity contribution in [2.24, 2.45) is 0 Å². The molecule has 0 unspecified atom stereocenters. The summed E-state index contributed by atoms with van der Waals surface area (Å²) >= 11 is 0. The molecule has 0 saturated carbocycles. The number of nitrogens with zero attached hydrogens (tertiary/aromatic N) is 1. The van der Waals surface area contributed by atoms with Crippen LogP contribution in [0.15, 0.2) is 41.5 Å². The zero-order valence-electron chi connectivity index (χ0n) is 7.60. The molecular weight excluding hydrogens is 178 g/mol. The lowest BCUT2D eigenvalue weighted by molar-refractivity contribution is 0.762. The van der Waals surface area contributed by atoms with Crippen LogP contribution in [-0.2, 0) is 6.54 Å². The number of benzene rings is 1. The van der Waals surface area contributed by atoms with Crippen LogP contribution in [0.4, 0.5) is 5.69 Å². The summed E-state index contributed by atoms with van der Waals surface area (Å²) in [6.07, 6.45) is 3.35. The van der Waals surface area contributed by atoms with Gasteiger partial charge in [-0.05, 0) is 17.7 Å². The van der Waals surface area contributed by atoms with Gasteiger partial charge >= 0.3 is 5.69 Å². The first-order chi connectivity index (χ1) is 6.75. The second-order valence-electron chi connectivity index (χ2n) is 3.13. The third-order valence-electron chi connectivity index (χ3n) is 2.05. The van der Waals surface area contributed by atoms with Crippen LogP contribution in [-0.4, -0.2) is 9.55 Å². The molecule has 0 amide bonds. The van der Waals surface area contributed by atoms with Crippen LogP contribution in [0, 0.1) is 0 Å². The minimum atomic E-state index is -0.0955. The Hall–Kier alpha value is -1.97. The van der Waals surface area contributed by atoms with Gasteiger partial charge in [-0.1, -0.05) is 12.1 Å². The predicted molar refractivity (Wildman–Crippen MR) is 55.0 cm³/mol. The molecule has 0 bridgehead atoms. The molecule has 0 fully saturated rings. The lowest BCUT2D eigenvalue weighted by Gasteiger charge is -2.01. The van der Waals surface area contributed by atoms with Crippen LogP contribution < -0.4 is 11.4 Å². The van der Waals surface area contributed by atoms with Crippen LogP contribution in [0.25, 0.3) is 0 Å². The number of anilines is 1. The molecule has 0 aliphatic heterocycles. The van der Waals surface area contributed by atoms with Gasteiger partial charge in [-0.15, -0.1) is 0 Å². The highest BCUT2D eigenvalue weighted by Crippen LogP contribution is 2.05. The molecule has 4 heteroatoms. The van der Waals surface area contributed by atoms with Crippen molar-refractivity contribution in [3.05, 3.63) is 52.7 Å². The molecule has 3 N–H and O–H groups in total. The van der Waals surface area contributed by atoms with E-state index in [1.165, 1.54) is 0 Å². The lowest BCUT2D eigenvalue weighted by Crippen LogP contribution is -2.16. The first-order valence-corrected chi connectivity index (χ1v) is 4.34. The van der Waals surface area contributed by atoms with Crippen LogP contribution in [0.1, 0.15) is 5.56 Å². The average molecular weight is 189 g/mol. The zero-order valence-corrected chi connectivity index (χ0v) is 7.60. The molecule has 0 radical (unpaired) electrons. The summed E-state index contributed by atoms with van der Waals surface area (Å²) in [6, 6.07) is 7.48. The van der Waals surface area contributed by atoms with Crippen molar-refractivity contribution < 1.29 is 0 Å². The maximum atomic E-state index is 11.2. The molecule has 72 valence electrons. The number of imidazole rings is 1. The predicted octanol–water partition coefficient (Wildman–Crippen LogP) is 0.807.